The summed E-state index contributed by atoms with van der Waals surface area (Å²) in [4.78, 5) is 40.5. The number of halogens is 3. The molecule has 42 heavy (non-hydrogen) atoms. The van der Waals surface area contributed by atoms with Crippen molar-refractivity contribution in [3.8, 4) is 0 Å². The summed E-state index contributed by atoms with van der Waals surface area (Å²) in [7, 11) is 0. The summed E-state index contributed by atoms with van der Waals surface area (Å²) < 4.78 is 44.5. The van der Waals surface area contributed by atoms with Crippen LogP contribution in [0.15, 0.2) is 42.5 Å². The van der Waals surface area contributed by atoms with Gasteiger partial charge < -0.3 is 32.1 Å². The summed E-state index contributed by atoms with van der Waals surface area (Å²) >= 11 is 0. The number of aryl methyl sites for hydroxylation is 1. The number of Topliss-reactive ketones (excluding diaryl/α,β-unsaturated/α-hetero) is 1. The van der Waals surface area contributed by atoms with E-state index >= 15 is 0 Å². The molecule has 1 aliphatic rings. The maximum Gasteiger partial charge on any atom is 0.416 e. The summed E-state index contributed by atoms with van der Waals surface area (Å²) in [6.45, 7) is 3.61. The van der Waals surface area contributed by atoms with Gasteiger partial charge in [0, 0.05) is 39.0 Å². The van der Waals surface area contributed by atoms with E-state index in [1.165, 1.54) is 17.0 Å². The first-order chi connectivity index (χ1) is 19.9. The van der Waals surface area contributed by atoms with Gasteiger partial charge in [-0.05, 0) is 53.5 Å². The summed E-state index contributed by atoms with van der Waals surface area (Å²) in [5.74, 6) is -1.07. The Morgan fingerprint density at radius 2 is 1.67 bits per heavy atom. The molecule has 2 aromatic carbocycles. The van der Waals surface area contributed by atoms with Gasteiger partial charge in [0.2, 0.25) is 11.8 Å². The number of carbonyl (C=O) groups excluding carboxylic acids is 3. The minimum atomic E-state index is -4.45. The van der Waals surface area contributed by atoms with Crippen molar-refractivity contribution in [2.75, 3.05) is 26.2 Å². The lowest BCUT2D eigenvalue weighted by Crippen LogP contribution is -2.49. The summed E-state index contributed by atoms with van der Waals surface area (Å²) in [5.41, 5.74) is 19.9. The monoisotopic (exact) mass is 589 g/mol. The van der Waals surface area contributed by atoms with Crippen molar-refractivity contribution >= 4 is 30.0 Å². The van der Waals surface area contributed by atoms with Crippen LogP contribution >= 0.6 is 0 Å². The molecule has 0 radical (unpaired) electrons. The molecule has 0 saturated carbocycles. The number of fused-ring (bicyclic) bond motifs is 1. The van der Waals surface area contributed by atoms with E-state index in [1.54, 1.807) is 0 Å². The molecule has 0 aromatic heterocycles. The summed E-state index contributed by atoms with van der Waals surface area (Å²) in [6, 6.07) is 8.41. The number of nitrogens with zero attached hydrogens (tertiary/aromatic N) is 1. The van der Waals surface area contributed by atoms with E-state index < -0.39 is 29.7 Å². The Labute approximate surface area is 244 Å². The van der Waals surface area contributed by atoms with Crippen LogP contribution in [0.2, 0.25) is 6.82 Å². The number of nitrogens with one attached hydrogen (secondary N) is 1. The van der Waals surface area contributed by atoms with E-state index in [0.29, 0.717) is 25.3 Å². The van der Waals surface area contributed by atoms with E-state index in [4.69, 9.17) is 21.9 Å². The highest BCUT2D eigenvalue weighted by Crippen LogP contribution is 2.29. The third kappa shape index (κ3) is 9.38. The molecule has 2 aromatic rings. The van der Waals surface area contributed by atoms with Crippen molar-refractivity contribution in [1.82, 2.24) is 10.2 Å². The largest absolute Gasteiger partial charge is 0.427 e. The lowest BCUT2D eigenvalue weighted by atomic mass is 9.64. The van der Waals surface area contributed by atoms with Crippen LogP contribution in [-0.4, -0.2) is 67.7 Å². The minimum Gasteiger partial charge on any atom is -0.427 e. The number of rotatable bonds is 15. The maximum atomic E-state index is 13.4. The molecule has 9 nitrogen and oxygen atoms in total. The van der Waals surface area contributed by atoms with Crippen LogP contribution in [0, 0.1) is 0 Å². The Balaban J connectivity index is 1.68. The second-order valence-electron chi connectivity index (χ2n) is 10.5. The summed E-state index contributed by atoms with van der Waals surface area (Å²) in [6.07, 6.45) is -3.93. The number of hydrogen-bond acceptors (Lipinski definition) is 7. The third-order valence-electron chi connectivity index (χ3n) is 7.38. The first kappa shape index (κ1) is 33.2. The van der Waals surface area contributed by atoms with Crippen LogP contribution < -0.4 is 28.0 Å². The van der Waals surface area contributed by atoms with E-state index in [2.05, 4.69) is 5.32 Å². The zero-order valence-electron chi connectivity index (χ0n) is 23.8. The van der Waals surface area contributed by atoms with Crippen molar-refractivity contribution in [1.29, 1.82) is 0 Å². The van der Waals surface area contributed by atoms with Crippen LogP contribution in [0.25, 0.3) is 0 Å². The van der Waals surface area contributed by atoms with Gasteiger partial charge in [0.25, 0.3) is 0 Å². The fraction of sp³-hybridized carbons (Fsp3) is 0.483. The van der Waals surface area contributed by atoms with Crippen LogP contribution in [0.1, 0.15) is 41.5 Å². The van der Waals surface area contributed by atoms with Crippen molar-refractivity contribution in [3.63, 3.8) is 0 Å². The number of benzene rings is 2. The van der Waals surface area contributed by atoms with E-state index in [0.717, 1.165) is 28.7 Å². The average Bonchev–Trinajstić information content (AvgIpc) is 3.32. The van der Waals surface area contributed by atoms with Gasteiger partial charge in [0.1, 0.15) is 0 Å². The van der Waals surface area contributed by atoms with Crippen molar-refractivity contribution in [3.05, 3.63) is 64.7 Å². The van der Waals surface area contributed by atoms with Gasteiger partial charge in [-0.3, -0.25) is 14.4 Å². The molecule has 1 aliphatic heterocycles. The number of carbonyl (C=O) groups is 3. The molecule has 0 aliphatic carbocycles. The van der Waals surface area contributed by atoms with Gasteiger partial charge in [-0.25, -0.2) is 0 Å². The van der Waals surface area contributed by atoms with Gasteiger partial charge in [-0.1, -0.05) is 37.2 Å². The van der Waals surface area contributed by atoms with E-state index in [9.17, 15) is 27.6 Å². The molecule has 0 spiro atoms. The smallest absolute Gasteiger partial charge is 0.416 e. The number of alkyl halides is 3. The number of nitrogens with two attached hydrogens (primary N) is 3. The molecule has 228 valence electrons. The van der Waals surface area contributed by atoms with Crippen LogP contribution in [0.4, 0.5) is 13.2 Å². The predicted molar refractivity (Wildman–Crippen MR) is 155 cm³/mol. The Morgan fingerprint density at radius 3 is 2.29 bits per heavy atom. The van der Waals surface area contributed by atoms with Gasteiger partial charge in [-0.2, -0.15) is 13.2 Å². The van der Waals surface area contributed by atoms with Gasteiger partial charge in [0.15, 0.2) is 5.78 Å². The van der Waals surface area contributed by atoms with Crippen LogP contribution in [0.3, 0.4) is 0 Å². The molecule has 2 amide bonds. The van der Waals surface area contributed by atoms with Crippen molar-refractivity contribution in [2.24, 2.45) is 17.2 Å². The van der Waals surface area contributed by atoms with Crippen LogP contribution in [-0.2, 0) is 44.7 Å². The van der Waals surface area contributed by atoms with Gasteiger partial charge in [0.05, 0.1) is 24.3 Å². The highest BCUT2D eigenvalue weighted by atomic mass is 19.4. The average molecular weight is 589 g/mol. The Morgan fingerprint density at radius 1 is 1.02 bits per heavy atom. The topological polar surface area (TPSA) is 154 Å². The molecule has 3 rings (SSSR count). The lowest BCUT2D eigenvalue weighted by molar-refractivity contribution is -0.137. The molecular weight excluding hydrogens is 550 g/mol. The normalized spacial score (nSPS) is 14.3. The Kier molecular flexibility index (Phi) is 12.1. The van der Waals surface area contributed by atoms with Crippen molar-refractivity contribution < 1.29 is 32.2 Å². The molecular formula is C29H39BF3N5O4. The minimum absolute atomic E-state index is 0.00831. The zero-order valence-corrected chi connectivity index (χ0v) is 23.8. The number of amides is 2. The van der Waals surface area contributed by atoms with E-state index in [-0.39, 0.29) is 63.8 Å². The van der Waals surface area contributed by atoms with Gasteiger partial charge in [-0.15, -0.1) is 0 Å². The van der Waals surface area contributed by atoms with Gasteiger partial charge >= 0.3 is 13.1 Å². The highest BCUT2D eigenvalue weighted by molar-refractivity contribution is 6.67. The molecule has 0 saturated heterocycles. The quantitative estimate of drug-likeness (QED) is 0.227. The lowest BCUT2D eigenvalue weighted by Gasteiger charge is -2.23. The molecule has 0 fully saturated rings. The molecule has 0 unspecified atom stereocenters. The standard InChI is InChI=1S/C29H39BF3N5O4/c1-30-23-8-4-20(16-21(23)18-42-30)17-26(39)25(10-5-19-2-6-22(7-3-19)29(31,32)33)37-28(41)24(36)9-11-27(40)38(14-12-34)15-13-35/h2-4,6-8,16,24-25H,5,9-15,17-18,34-36H2,1H3,(H,37,41)/t24-,25+/m0/s1. The fourth-order valence-electron chi connectivity index (χ4n) is 4.92. The SMILES string of the molecule is CB1OCc2cc(CC(=O)[C@@H](CCc3ccc(C(F)(F)F)cc3)NC(=O)[C@@H](N)CCC(=O)N(CCN)CCN)ccc21. The predicted octanol–water partition coefficient (Wildman–Crippen LogP) is 1.15. The zero-order chi connectivity index (χ0) is 30.9. The number of ketones is 1. The Hall–Kier alpha value is -3.26. The second-order valence-corrected chi connectivity index (χ2v) is 10.5. The highest BCUT2D eigenvalue weighted by Gasteiger charge is 2.30. The van der Waals surface area contributed by atoms with E-state index in [1.807, 2.05) is 25.0 Å². The molecule has 0 bridgehead atoms. The first-order valence-electron chi connectivity index (χ1n) is 14.1. The molecule has 7 N–H and O–H groups in total. The van der Waals surface area contributed by atoms with Crippen LogP contribution in [0.5, 0.6) is 0 Å². The Bertz CT molecular complexity index is 1220. The third-order valence-corrected chi connectivity index (χ3v) is 7.38. The maximum absolute atomic E-state index is 13.4. The summed E-state index contributed by atoms with van der Waals surface area (Å²) in [5, 5.41) is 2.72. The fourth-order valence-corrected chi connectivity index (χ4v) is 4.92. The molecule has 13 heteroatoms. The number of hydrogen-bond donors (Lipinski definition) is 4. The second kappa shape index (κ2) is 15.3. The first-order valence-corrected chi connectivity index (χ1v) is 14.1. The molecule has 1 heterocycles. The molecule has 2 atom stereocenters. The van der Waals surface area contributed by atoms with Crippen molar-refractivity contribution in [2.45, 2.75) is 63.8 Å².